The van der Waals surface area contributed by atoms with E-state index in [0.29, 0.717) is 40.0 Å². The van der Waals surface area contributed by atoms with Gasteiger partial charge in [0.1, 0.15) is 11.3 Å². The third-order valence-electron chi connectivity index (χ3n) is 7.14. The van der Waals surface area contributed by atoms with E-state index >= 15 is 4.39 Å². The Hall–Kier alpha value is -3.17. The number of benzene rings is 2. The second-order valence-electron chi connectivity index (χ2n) is 9.06. The number of aliphatic imine (C=N–C) groups is 1. The van der Waals surface area contributed by atoms with Gasteiger partial charge in [0.2, 0.25) is 5.95 Å². The van der Waals surface area contributed by atoms with Crippen molar-refractivity contribution in [2.24, 2.45) is 10.7 Å². The van der Waals surface area contributed by atoms with E-state index in [9.17, 15) is 4.39 Å². The smallest absolute Gasteiger partial charge is 0.220 e. The van der Waals surface area contributed by atoms with Gasteiger partial charge < -0.3 is 20.1 Å². The third-order valence-corrected chi connectivity index (χ3v) is 8.09. The molecule has 2 N–H and O–H groups in total. The summed E-state index contributed by atoms with van der Waals surface area (Å²) in [5, 5.41) is 0.427. The van der Waals surface area contributed by atoms with Gasteiger partial charge in [0.05, 0.1) is 18.8 Å². The van der Waals surface area contributed by atoms with Crippen molar-refractivity contribution in [3.63, 3.8) is 0 Å². The van der Waals surface area contributed by atoms with Gasteiger partial charge in [-0.1, -0.05) is 17.8 Å². The van der Waals surface area contributed by atoms with Crippen LogP contribution >= 0.6 is 11.8 Å². The molecule has 34 heavy (non-hydrogen) atoms. The Labute approximate surface area is 198 Å². The highest BCUT2D eigenvalue weighted by molar-refractivity contribution is 8.14. The van der Waals surface area contributed by atoms with Crippen LogP contribution in [0.25, 0.3) is 11.1 Å². The van der Waals surface area contributed by atoms with Crippen molar-refractivity contribution in [3.8, 4) is 22.6 Å². The number of pyridine rings is 1. The molecule has 5 heterocycles. The fraction of sp³-hybridized carbons (Fsp3) is 0.280. The van der Waals surface area contributed by atoms with Crippen LogP contribution in [-0.4, -0.2) is 41.2 Å². The predicted octanol–water partition coefficient (Wildman–Crippen LogP) is 4.42. The fourth-order valence-electron chi connectivity index (χ4n) is 5.54. The lowest BCUT2D eigenvalue weighted by Crippen LogP contribution is -2.37. The minimum Gasteiger partial charge on any atom is -0.453 e. The molecule has 0 aliphatic carbocycles. The quantitative estimate of drug-likeness (QED) is 0.550. The van der Waals surface area contributed by atoms with Crippen LogP contribution in [0.2, 0.25) is 0 Å². The van der Waals surface area contributed by atoms with Gasteiger partial charge in [0.25, 0.3) is 0 Å². The van der Waals surface area contributed by atoms with E-state index < -0.39 is 17.3 Å². The van der Waals surface area contributed by atoms with Crippen LogP contribution in [0.15, 0.2) is 53.7 Å². The highest BCUT2D eigenvalue weighted by Gasteiger charge is 2.48. The van der Waals surface area contributed by atoms with E-state index in [0.717, 1.165) is 24.2 Å². The normalized spacial score (nSPS) is 26.4. The minimum atomic E-state index is -0.932. The van der Waals surface area contributed by atoms with Crippen LogP contribution in [-0.2, 0) is 10.3 Å². The molecule has 3 atom stereocenters. The largest absolute Gasteiger partial charge is 0.453 e. The lowest BCUT2D eigenvalue weighted by atomic mass is 9.80. The summed E-state index contributed by atoms with van der Waals surface area (Å²) < 4.78 is 41.8. The van der Waals surface area contributed by atoms with E-state index in [4.69, 9.17) is 20.2 Å². The monoisotopic (exact) mass is 478 g/mol. The number of nitrogens with two attached hydrogens (primary N) is 1. The summed E-state index contributed by atoms with van der Waals surface area (Å²) in [6.45, 7) is 1.38. The third kappa shape index (κ3) is 2.83. The Balaban J connectivity index is 1.41. The Morgan fingerprint density at radius 3 is 2.79 bits per heavy atom. The van der Waals surface area contributed by atoms with Crippen LogP contribution in [0, 0.1) is 11.8 Å². The molecule has 1 spiro atoms. The number of anilines is 1. The first-order chi connectivity index (χ1) is 16.5. The van der Waals surface area contributed by atoms with Crippen molar-refractivity contribution in [2.45, 2.75) is 24.1 Å². The second-order valence-corrected chi connectivity index (χ2v) is 10.1. The highest BCUT2D eigenvalue weighted by Crippen LogP contribution is 2.55. The second kappa shape index (κ2) is 7.16. The molecule has 172 valence electrons. The zero-order valence-corrected chi connectivity index (χ0v) is 18.8. The number of ether oxygens (including phenoxy) is 2. The fourth-order valence-corrected chi connectivity index (χ4v) is 6.50. The van der Waals surface area contributed by atoms with Gasteiger partial charge >= 0.3 is 0 Å². The maximum atomic E-state index is 15.5. The zero-order chi connectivity index (χ0) is 23.0. The summed E-state index contributed by atoms with van der Waals surface area (Å²) >= 11 is 1.42. The number of fused-ring (bicyclic) bond motifs is 6. The topological polar surface area (TPSA) is 73.0 Å². The Kier molecular flexibility index (Phi) is 4.26. The van der Waals surface area contributed by atoms with Gasteiger partial charge in [-0.25, -0.2) is 14.4 Å². The SMILES string of the molecule is NC1=N[C@@]2(CS1)c1cc(-c3cccnc3F)ccc1Oc1c(F)cc(N3C[C@@H]4C[C@H]3CO4)cc12. The number of thioether (sulfide) groups is 1. The van der Waals surface area contributed by atoms with Crippen molar-refractivity contribution in [3.05, 3.63) is 71.6 Å². The van der Waals surface area contributed by atoms with E-state index in [2.05, 4.69) is 9.88 Å². The van der Waals surface area contributed by atoms with Crippen molar-refractivity contribution >= 4 is 22.6 Å². The molecule has 2 aromatic carbocycles. The molecule has 2 bridgehead atoms. The number of aromatic nitrogens is 1. The molecule has 2 saturated heterocycles. The number of amidine groups is 1. The number of halogens is 2. The van der Waals surface area contributed by atoms with Crippen molar-refractivity contribution in [1.29, 1.82) is 0 Å². The van der Waals surface area contributed by atoms with Crippen LogP contribution < -0.4 is 15.4 Å². The van der Waals surface area contributed by atoms with Crippen molar-refractivity contribution in [2.75, 3.05) is 23.8 Å². The number of nitrogens with zero attached hydrogens (tertiary/aromatic N) is 3. The van der Waals surface area contributed by atoms with Gasteiger partial charge in [0.15, 0.2) is 16.7 Å². The average Bonchev–Trinajstić information content (AvgIpc) is 3.57. The molecular weight excluding hydrogens is 458 g/mol. The first-order valence-electron chi connectivity index (χ1n) is 11.2. The Morgan fingerprint density at radius 2 is 2.06 bits per heavy atom. The minimum absolute atomic E-state index is 0.163. The molecule has 2 fully saturated rings. The number of rotatable bonds is 2. The average molecular weight is 479 g/mol. The maximum Gasteiger partial charge on any atom is 0.220 e. The van der Waals surface area contributed by atoms with E-state index in [1.165, 1.54) is 24.0 Å². The van der Waals surface area contributed by atoms with Crippen LogP contribution in [0.5, 0.6) is 11.5 Å². The number of hydrogen-bond donors (Lipinski definition) is 1. The molecule has 6 nitrogen and oxygen atoms in total. The molecule has 7 rings (SSSR count). The predicted molar refractivity (Wildman–Crippen MR) is 126 cm³/mol. The first kappa shape index (κ1) is 20.2. The standard InChI is InChI=1S/C25H20F2N4O2S/c26-20-9-14(31-10-16-7-15(31)11-32-16)8-19-22(20)33-21-4-3-13(17-2-1-5-29-23(17)27)6-18(21)25(19)12-34-24(28)30-25/h1-6,8-9,15-16H,7,10-12H2,(H2,28,30)/t15-,16-,25-/m0/s1. The molecule has 0 amide bonds. The highest BCUT2D eigenvalue weighted by atomic mass is 32.2. The van der Waals surface area contributed by atoms with Crippen molar-refractivity contribution in [1.82, 2.24) is 4.98 Å². The molecule has 9 heteroatoms. The molecule has 0 radical (unpaired) electrons. The number of hydrogen-bond acceptors (Lipinski definition) is 7. The van der Waals surface area contributed by atoms with E-state index in [1.807, 2.05) is 12.1 Å². The van der Waals surface area contributed by atoms with Crippen molar-refractivity contribution < 1.29 is 18.3 Å². The molecule has 0 saturated carbocycles. The van der Waals surface area contributed by atoms with Crippen LogP contribution in [0.1, 0.15) is 17.5 Å². The molecule has 4 aliphatic heterocycles. The Bertz CT molecular complexity index is 1380. The van der Waals surface area contributed by atoms with E-state index in [-0.39, 0.29) is 17.9 Å². The number of morpholine rings is 1. The molecule has 1 aromatic heterocycles. The summed E-state index contributed by atoms with van der Waals surface area (Å²) in [6.07, 6.45) is 2.55. The molecule has 0 unspecified atom stereocenters. The van der Waals surface area contributed by atoms with Gasteiger partial charge in [0, 0.05) is 46.9 Å². The van der Waals surface area contributed by atoms with Gasteiger partial charge in [-0.2, -0.15) is 4.39 Å². The van der Waals surface area contributed by atoms with Crippen LogP contribution in [0.4, 0.5) is 14.5 Å². The van der Waals surface area contributed by atoms with Gasteiger partial charge in [-0.05, 0) is 42.3 Å². The molecular formula is C25H20F2N4O2S. The Morgan fingerprint density at radius 1 is 1.15 bits per heavy atom. The first-order valence-corrected chi connectivity index (χ1v) is 12.1. The zero-order valence-electron chi connectivity index (χ0n) is 18.0. The van der Waals surface area contributed by atoms with Crippen LogP contribution in [0.3, 0.4) is 0 Å². The summed E-state index contributed by atoms with van der Waals surface area (Å²) in [7, 11) is 0. The maximum absolute atomic E-state index is 15.5. The van der Waals surface area contributed by atoms with E-state index in [1.54, 1.807) is 24.3 Å². The molecule has 3 aromatic rings. The molecule has 4 aliphatic rings. The summed E-state index contributed by atoms with van der Waals surface area (Å²) in [5.41, 5.74) is 8.40. The van der Waals surface area contributed by atoms with Gasteiger partial charge in [-0.15, -0.1) is 0 Å². The van der Waals surface area contributed by atoms with Gasteiger partial charge in [-0.3, -0.25) is 0 Å². The summed E-state index contributed by atoms with van der Waals surface area (Å²) in [4.78, 5) is 10.8. The lowest BCUT2D eigenvalue weighted by molar-refractivity contribution is 0.0991. The summed E-state index contributed by atoms with van der Waals surface area (Å²) in [6, 6.07) is 12.5. The lowest BCUT2D eigenvalue weighted by Gasteiger charge is -2.37. The summed E-state index contributed by atoms with van der Waals surface area (Å²) in [5.74, 6) is 0.154.